The number of carbonyl (C=O) groups excluding carboxylic acids is 1. The number of ether oxygens (including phenoxy) is 1. The fraction of sp³-hybridized carbons (Fsp3) is 0.533. The number of hydrogen-bond acceptors (Lipinski definition) is 3. The van der Waals surface area contributed by atoms with E-state index in [-0.39, 0.29) is 18.3 Å². The van der Waals surface area contributed by atoms with Crippen molar-refractivity contribution in [3.05, 3.63) is 24.3 Å². The first-order valence-corrected chi connectivity index (χ1v) is 6.82. The van der Waals surface area contributed by atoms with Crippen LogP contribution < -0.4 is 15.8 Å². The van der Waals surface area contributed by atoms with Gasteiger partial charge in [-0.15, -0.1) is 12.4 Å². The van der Waals surface area contributed by atoms with E-state index >= 15 is 0 Å². The summed E-state index contributed by atoms with van der Waals surface area (Å²) in [6.07, 6.45) is 2.49. The maximum Gasteiger partial charge on any atom is 0.244 e. The number of halogens is 1. The average molecular weight is 301 g/mol. The van der Waals surface area contributed by atoms with Crippen LogP contribution in [0.15, 0.2) is 24.3 Å². The molecule has 1 aromatic carbocycles. The molecule has 0 aliphatic carbocycles. The van der Waals surface area contributed by atoms with Gasteiger partial charge in [-0.3, -0.25) is 4.79 Å². The largest absolute Gasteiger partial charge is 0.494 e. The Morgan fingerprint density at radius 2 is 2.05 bits per heavy atom. The SMILES string of the molecule is CCCOc1cccc(NC(=O)C(C)(N)CCC)c1.Cl. The molecular formula is C15H25ClN2O2. The minimum Gasteiger partial charge on any atom is -0.494 e. The van der Waals surface area contributed by atoms with Gasteiger partial charge in [-0.05, 0) is 31.9 Å². The van der Waals surface area contributed by atoms with Gasteiger partial charge in [-0.1, -0.05) is 26.3 Å². The highest BCUT2D eigenvalue weighted by molar-refractivity contribution is 5.97. The number of nitrogens with one attached hydrogen (secondary N) is 1. The smallest absolute Gasteiger partial charge is 0.244 e. The van der Waals surface area contributed by atoms with Crippen LogP contribution >= 0.6 is 12.4 Å². The van der Waals surface area contributed by atoms with Gasteiger partial charge >= 0.3 is 0 Å². The minimum absolute atomic E-state index is 0. The molecule has 0 fully saturated rings. The van der Waals surface area contributed by atoms with E-state index in [1.54, 1.807) is 6.92 Å². The zero-order valence-corrected chi connectivity index (χ0v) is 13.3. The molecule has 4 nitrogen and oxygen atoms in total. The van der Waals surface area contributed by atoms with Crippen molar-refractivity contribution in [2.75, 3.05) is 11.9 Å². The van der Waals surface area contributed by atoms with Crippen LogP contribution in [0.25, 0.3) is 0 Å². The van der Waals surface area contributed by atoms with Crippen LogP contribution in [0.4, 0.5) is 5.69 Å². The lowest BCUT2D eigenvalue weighted by Gasteiger charge is -2.23. The Labute approximate surface area is 127 Å². The second-order valence-electron chi connectivity index (χ2n) is 5.00. The molecule has 0 aliphatic rings. The van der Waals surface area contributed by atoms with Crippen molar-refractivity contribution in [2.24, 2.45) is 5.73 Å². The van der Waals surface area contributed by atoms with Gasteiger partial charge in [0.05, 0.1) is 12.1 Å². The molecule has 0 saturated heterocycles. The highest BCUT2D eigenvalue weighted by Crippen LogP contribution is 2.19. The molecule has 0 heterocycles. The van der Waals surface area contributed by atoms with Crippen molar-refractivity contribution in [3.8, 4) is 5.75 Å². The molecular weight excluding hydrogens is 276 g/mol. The standard InChI is InChI=1S/C15H24N2O2.ClH/c1-4-9-15(3,16)14(18)17-12-7-6-8-13(11-12)19-10-5-2;/h6-8,11H,4-5,9-10,16H2,1-3H3,(H,17,18);1H. The zero-order chi connectivity index (χ0) is 14.3. The first-order valence-electron chi connectivity index (χ1n) is 6.82. The summed E-state index contributed by atoms with van der Waals surface area (Å²) >= 11 is 0. The summed E-state index contributed by atoms with van der Waals surface area (Å²) in [5.74, 6) is 0.593. The maximum absolute atomic E-state index is 12.1. The quantitative estimate of drug-likeness (QED) is 0.811. The van der Waals surface area contributed by atoms with Crippen LogP contribution in [0.2, 0.25) is 0 Å². The van der Waals surface area contributed by atoms with Gasteiger partial charge in [0.2, 0.25) is 5.91 Å². The third-order valence-electron chi connectivity index (χ3n) is 2.85. The van der Waals surface area contributed by atoms with E-state index in [9.17, 15) is 4.79 Å². The van der Waals surface area contributed by atoms with Crippen molar-refractivity contribution >= 4 is 24.0 Å². The van der Waals surface area contributed by atoms with Gasteiger partial charge in [0, 0.05) is 11.8 Å². The molecule has 20 heavy (non-hydrogen) atoms. The van der Waals surface area contributed by atoms with E-state index in [4.69, 9.17) is 10.5 Å². The number of rotatable bonds is 7. The Hall–Kier alpha value is -1.26. The Bertz CT molecular complexity index is 422. The van der Waals surface area contributed by atoms with Crippen molar-refractivity contribution in [1.29, 1.82) is 0 Å². The maximum atomic E-state index is 12.1. The summed E-state index contributed by atoms with van der Waals surface area (Å²) in [4.78, 5) is 12.1. The molecule has 1 unspecified atom stereocenters. The first kappa shape index (κ1) is 18.7. The minimum atomic E-state index is -0.838. The van der Waals surface area contributed by atoms with E-state index in [2.05, 4.69) is 12.2 Å². The molecule has 1 rings (SSSR count). The van der Waals surface area contributed by atoms with Gasteiger partial charge in [0.1, 0.15) is 5.75 Å². The molecule has 1 amide bonds. The third-order valence-corrected chi connectivity index (χ3v) is 2.85. The van der Waals surface area contributed by atoms with Crippen LogP contribution in [0, 0.1) is 0 Å². The highest BCUT2D eigenvalue weighted by Gasteiger charge is 2.27. The molecule has 1 aromatic rings. The summed E-state index contributed by atoms with van der Waals surface area (Å²) in [7, 11) is 0. The number of nitrogens with two attached hydrogens (primary N) is 1. The summed E-state index contributed by atoms with van der Waals surface area (Å²) in [6, 6.07) is 7.38. The third kappa shape index (κ3) is 5.80. The fourth-order valence-electron chi connectivity index (χ4n) is 1.79. The Balaban J connectivity index is 0.00000361. The fourth-order valence-corrected chi connectivity index (χ4v) is 1.79. The predicted molar refractivity (Wildman–Crippen MR) is 85.6 cm³/mol. The Morgan fingerprint density at radius 1 is 1.35 bits per heavy atom. The number of amides is 1. The number of carbonyl (C=O) groups is 1. The lowest BCUT2D eigenvalue weighted by Crippen LogP contribution is -2.48. The lowest BCUT2D eigenvalue weighted by atomic mass is 9.96. The Kier molecular flexibility index (Phi) is 8.26. The van der Waals surface area contributed by atoms with Crippen LogP contribution in [0.1, 0.15) is 40.0 Å². The van der Waals surface area contributed by atoms with Gasteiger partial charge in [0.15, 0.2) is 0 Å². The second-order valence-corrected chi connectivity index (χ2v) is 5.00. The normalized spacial score (nSPS) is 13.0. The molecule has 3 N–H and O–H groups in total. The summed E-state index contributed by atoms with van der Waals surface area (Å²) < 4.78 is 5.53. The van der Waals surface area contributed by atoms with Crippen LogP contribution in [-0.2, 0) is 4.79 Å². The van der Waals surface area contributed by atoms with Gasteiger partial charge in [-0.2, -0.15) is 0 Å². The molecule has 0 radical (unpaired) electrons. The molecule has 0 saturated carbocycles. The summed E-state index contributed by atoms with van der Waals surface area (Å²) in [6.45, 7) is 6.49. The zero-order valence-electron chi connectivity index (χ0n) is 12.4. The van der Waals surface area contributed by atoms with E-state index in [1.165, 1.54) is 0 Å². The number of benzene rings is 1. The van der Waals surface area contributed by atoms with Crippen LogP contribution in [0.5, 0.6) is 5.75 Å². The number of anilines is 1. The molecule has 5 heteroatoms. The van der Waals surface area contributed by atoms with Gasteiger partial charge in [0.25, 0.3) is 0 Å². The molecule has 0 spiro atoms. The number of hydrogen-bond donors (Lipinski definition) is 2. The van der Waals surface area contributed by atoms with Crippen LogP contribution in [0.3, 0.4) is 0 Å². The van der Waals surface area contributed by atoms with Crippen molar-refractivity contribution in [3.63, 3.8) is 0 Å². The molecule has 114 valence electrons. The van der Waals surface area contributed by atoms with Crippen LogP contribution in [-0.4, -0.2) is 18.1 Å². The van der Waals surface area contributed by atoms with E-state index in [1.807, 2.05) is 31.2 Å². The highest BCUT2D eigenvalue weighted by atomic mass is 35.5. The first-order chi connectivity index (χ1) is 8.99. The average Bonchev–Trinajstić information content (AvgIpc) is 2.36. The van der Waals surface area contributed by atoms with Crippen molar-refractivity contribution in [2.45, 2.75) is 45.6 Å². The topological polar surface area (TPSA) is 64.3 Å². The van der Waals surface area contributed by atoms with Crippen molar-refractivity contribution < 1.29 is 9.53 Å². The van der Waals surface area contributed by atoms with Crippen molar-refractivity contribution in [1.82, 2.24) is 0 Å². The van der Waals surface area contributed by atoms with E-state index < -0.39 is 5.54 Å². The molecule has 0 aromatic heterocycles. The van der Waals surface area contributed by atoms with E-state index in [0.717, 1.165) is 18.6 Å². The lowest BCUT2D eigenvalue weighted by molar-refractivity contribution is -0.120. The summed E-state index contributed by atoms with van der Waals surface area (Å²) in [5, 5.41) is 2.84. The molecule has 0 bridgehead atoms. The van der Waals surface area contributed by atoms with E-state index in [0.29, 0.717) is 18.7 Å². The monoisotopic (exact) mass is 300 g/mol. The summed E-state index contributed by atoms with van der Waals surface area (Å²) in [5.41, 5.74) is 5.87. The second kappa shape index (κ2) is 8.82. The molecule has 1 atom stereocenters. The van der Waals surface area contributed by atoms with Gasteiger partial charge in [-0.25, -0.2) is 0 Å². The van der Waals surface area contributed by atoms with Gasteiger partial charge < -0.3 is 15.8 Å². The molecule has 0 aliphatic heterocycles. The Morgan fingerprint density at radius 3 is 2.65 bits per heavy atom. The predicted octanol–water partition coefficient (Wildman–Crippen LogP) is 3.35.